The van der Waals surface area contributed by atoms with Crippen molar-refractivity contribution >= 4 is 29.4 Å². The Morgan fingerprint density at radius 3 is 2.53 bits per heavy atom. The van der Waals surface area contributed by atoms with Gasteiger partial charge in [0.05, 0.1) is 6.54 Å². The molecule has 0 saturated carbocycles. The lowest BCUT2D eigenvalue weighted by Gasteiger charge is -2.38. The van der Waals surface area contributed by atoms with Gasteiger partial charge in [-0.3, -0.25) is 15.0 Å². The molecule has 1 aromatic rings. The first-order chi connectivity index (χ1) is 14.4. The second-order valence-corrected chi connectivity index (χ2v) is 8.25. The lowest BCUT2D eigenvalue weighted by molar-refractivity contribution is -0.127. The van der Waals surface area contributed by atoms with E-state index >= 15 is 0 Å². The van der Waals surface area contributed by atoms with Crippen molar-refractivity contribution in [2.75, 3.05) is 46.3 Å². The van der Waals surface area contributed by atoms with Gasteiger partial charge in [0.2, 0.25) is 0 Å². The van der Waals surface area contributed by atoms with Crippen LogP contribution in [0.2, 0.25) is 5.02 Å². The number of likely N-dealkylation sites (N-methyl/N-ethyl adjacent to an activating group) is 2. The molecule has 2 fully saturated rings. The zero-order valence-corrected chi connectivity index (χ0v) is 17.9. The van der Waals surface area contributed by atoms with Gasteiger partial charge in [-0.2, -0.15) is 0 Å². The number of fused-ring (bicyclic) bond motifs is 1. The molecule has 1 aromatic carbocycles. The summed E-state index contributed by atoms with van der Waals surface area (Å²) < 4.78 is 14.5. The smallest absolute Gasteiger partial charge is 0.325 e. The molecule has 3 amide bonds. The second kappa shape index (κ2) is 8.49. The number of halogens is 2. The van der Waals surface area contributed by atoms with Crippen LogP contribution in [0.25, 0.3) is 0 Å². The molecular weight excluding hydrogens is 411 g/mol. The van der Waals surface area contributed by atoms with Crippen LogP contribution in [-0.2, 0) is 11.3 Å². The molecule has 162 valence electrons. The number of rotatable bonds is 5. The molecule has 2 atom stereocenters. The maximum absolute atomic E-state index is 14.5. The van der Waals surface area contributed by atoms with Gasteiger partial charge in [0, 0.05) is 50.4 Å². The van der Waals surface area contributed by atoms with Crippen molar-refractivity contribution in [2.45, 2.75) is 25.7 Å². The predicted octanol–water partition coefficient (Wildman–Crippen LogP) is 1.21. The number of carbonyl (C=O) groups is 2. The Labute approximate surface area is 180 Å². The molecule has 3 aliphatic rings. The number of nitrogens with one attached hydrogen (secondary N) is 1. The highest BCUT2D eigenvalue weighted by atomic mass is 35.5. The van der Waals surface area contributed by atoms with E-state index < -0.39 is 30.0 Å². The van der Waals surface area contributed by atoms with E-state index in [1.54, 1.807) is 24.1 Å². The van der Waals surface area contributed by atoms with Crippen molar-refractivity contribution in [3.8, 4) is 0 Å². The standard InChI is InChI=1S/C20H26ClFN6O2/c1-3-26-7-9-27(10-8-26)12-16-23-18-17(19(29)24-20(30)25(18)2)28(16)11-13-14(21)5-4-6-15(13)22/h4-6,17-18H,3,7-12H2,1-2H3,(H,24,29,30). The van der Waals surface area contributed by atoms with E-state index in [9.17, 15) is 14.0 Å². The van der Waals surface area contributed by atoms with Crippen molar-refractivity contribution in [1.82, 2.24) is 24.9 Å². The molecule has 3 aliphatic heterocycles. The average Bonchev–Trinajstić information content (AvgIpc) is 3.08. The van der Waals surface area contributed by atoms with Gasteiger partial charge >= 0.3 is 6.03 Å². The summed E-state index contributed by atoms with van der Waals surface area (Å²) in [7, 11) is 1.61. The first-order valence-electron chi connectivity index (χ1n) is 10.2. The Morgan fingerprint density at radius 1 is 1.17 bits per heavy atom. The van der Waals surface area contributed by atoms with Gasteiger partial charge in [0.15, 0.2) is 12.2 Å². The fourth-order valence-corrected chi connectivity index (χ4v) is 4.44. The van der Waals surface area contributed by atoms with Gasteiger partial charge in [-0.05, 0) is 18.7 Å². The topological polar surface area (TPSA) is 71.5 Å². The average molecular weight is 437 g/mol. The van der Waals surface area contributed by atoms with Crippen LogP contribution in [0, 0.1) is 5.82 Å². The van der Waals surface area contributed by atoms with Crippen LogP contribution in [0.5, 0.6) is 0 Å². The van der Waals surface area contributed by atoms with Crippen LogP contribution >= 0.6 is 11.6 Å². The van der Waals surface area contributed by atoms with E-state index in [0.717, 1.165) is 32.7 Å². The minimum absolute atomic E-state index is 0.107. The van der Waals surface area contributed by atoms with Crippen molar-refractivity contribution in [3.05, 3.63) is 34.6 Å². The quantitative estimate of drug-likeness (QED) is 0.751. The second-order valence-electron chi connectivity index (χ2n) is 7.85. The molecule has 30 heavy (non-hydrogen) atoms. The number of hydrogen-bond acceptors (Lipinski definition) is 6. The minimum Gasteiger partial charge on any atom is -0.339 e. The number of piperazine rings is 1. The SMILES string of the molecule is CCN1CCN(CC2=NC3C(C(=O)NC(=O)N3C)N2Cc2c(F)cccc2Cl)CC1. The monoisotopic (exact) mass is 436 g/mol. The van der Waals surface area contributed by atoms with Gasteiger partial charge in [0.1, 0.15) is 11.7 Å². The molecule has 0 spiro atoms. The summed E-state index contributed by atoms with van der Waals surface area (Å²) in [5.41, 5.74) is 0.315. The van der Waals surface area contributed by atoms with Gasteiger partial charge < -0.3 is 14.7 Å². The molecule has 2 saturated heterocycles. The van der Waals surface area contributed by atoms with Gasteiger partial charge in [0.25, 0.3) is 5.91 Å². The Morgan fingerprint density at radius 2 is 1.87 bits per heavy atom. The van der Waals surface area contributed by atoms with Crippen molar-refractivity contribution in [3.63, 3.8) is 0 Å². The number of amides is 3. The molecule has 0 aromatic heterocycles. The van der Waals surface area contributed by atoms with Gasteiger partial charge in [-0.15, -0.1) is 0 Å². The summed E-state index contributed by atoms with van der Waals surface area (Å²) in [6.07, 6.45) is -0.635. The zero-order valence-electron chi connectivity index (χ0n) is 17.1. The third-order valence-corrected chi connectivity index (χ3v) is 6.47. The van der Waals surface area contributed by atoms with E-state index in [0.29, 0.717) is 23.0 Å². The Kier molecular flexibility index (Phi) is 5.95. The first kappa shape index (κ1) is 21.0. The fourth-order valence-electron chi connectivity index (χ4n) is 4.22. The summed E-state index contributed by atoms with van der Waals surface area (Å²) in [6.45, 7) is 7.51. The third-order valence-electron chi connectivity index (χ3n) is 6.11. The molecule has 1 N–H and O–H groups in total. The normalized spacial score (nSPS) is 25.4. The molecular formula is C20H26ClFN6O2. The summed E-state index contributed by atoms with van der Waals surface area (Å²) in [6, 6.07) is 3.34. The van der Waals surface area contributed by atoms with Crippen LogP contribution in [0.1, 0.15) is 12.5 Å². The third kappa shape index (κ3) is 3.89. The molecule has 0 radical (unpaired) electrons. The van der Waals surface area contributed by atoms with E-state index in [1.807, 2.05) is 0 Å². The summed E-state index contributed by atoms with van der Waals surface area (Å²) in [4.78, 5) is 37.4. The number of aliphatic imine (C=N–C) groups is 1. The van der Waals surface area contributed by atoms with E-state index in [2.05, 4.69) is 22.0 Å². The molecule has 10 heteroatoms. The first-order valence-corrected chi connectivity index (χ1v) is 10.6. The van der Waals surface area contributed by atoms with Crippen LogP contribution in [-0.4, -0.2) is 95.9 Å². The van der Waals surface area contributed by atoms with E-state index in [1.165, 1.54) is 11.0 Å². The highest BCUT2D eigenvalue weighted by Crippen LogP contribution is 2.29. The highest BCUT2D eigenvalue weighted by molar-refractivity contribution is 6.31. The molecule has 3 heterocycles. The number of benzene rings is 1. The summed E-state index contributed by atoms with van der Waals surface area (Å²) in [5, 5.41) is 2.67. The molecule has 0 bridgehead atoms. The Balaban J connectivity index is 1.61. The lowest BCUT2D eigenvalue weighted by Crippen LogP contribution is -2.63. The number of hydrogen-bond donors (Lipinski definition) is 1. The highest BCUT2D eigenvalue weighted by Gasteiger charge is 2.48. The summed E-state index contributed by atoms with van der Waals surface area (Å²) in [5.74, 6) is -0.182. The zero-order chi connectivity index (χ0) is 21.4. The molecule has 2 unspecified atom stereocenters. The maximum atomic E-state index is 14.5. The number of imide groups is 1. The predicted molar refractivity (Wildman–Crippen MR) is 112 cm³/mol. The number of urea groups is 1. The van der Waals surface area contributed by atoms with Crippen LogP contribution in [0.3, 0.4) is 0 Å². The number of carbonyl (C=O) groups excluding carboxylic acids is 2. The van der Waals surface area contributed by atoms with Gasteiger partial charge in [-0.25, -0.2) is 14.2 Å². The lowest BCUT2D eigenvalue weighted by atomic mass is 10.1. The fraction of sp³-hybridized carbons (Fsp3) is 0.550. The van der Waals surface area contributed by atoms with E-state index in [-0.39, 0.29) is 6.54 Å². The molecule has 8 nitrogen and oxygen atoms in total. The Bertz CT molecular complexity index is 853. The summed E-state index contributed by atoms with van der Waals surface area (Å²) >= 11 is 6.26. The van der Waals surface area contributed by atoms with Crippen LogP contribution < -0.4 is 5.32 Å². The molecule has 0 aliphatic carbocycles. The van der Waals surface area contributed by atoms with Gasteiger partial charge in [-0.1, -0.05) is 24.6 Å². The Hall–Kier alpha value is -2.23. The largest absolute Gasteiger partial charge is 0.339 e. The van der Waals surface area contributed by atoms with Crippen molar-refractivity contribution < 1.29 is 14.0 Å². The molecule has 4 rings (SSSR count). The van der Waals surface area contributed by atoms with Crippen LogP contribution in [0.15, 0.2) is 23.2 Å². The maximum Gasteiger partial charge on any atom is 0.325 e. The minimum atomic E-state index is -0.713. The van der Waals surface area contributed by atoms with Crippen molar-refractivity contribution in [2.24, 2.45) is 4.99 Å². The number of nitrogens with zero attached hydrogens (tertiary/aromatic N) is 5. The van der Waals surface area contributed by atoms with Crippen LogP contribution in [0.4, 0.5) is 9.18 Å². The van der Waals surface area contributed by atoms with Crippen molar-refractivity contribution in [1.29, 1.82) is 0 Å². The van der Waals surface area contributed by atoms with E-state index in [4.69, 9.17) is 16.6 Å². The number of amidine groups is 1.